The molecular weight excluding hydrogens is 278 g/mol. The van der Waals surface area contributed by atoms with Crippen LogP contribution in [0.15, 0.2) is 24.3 Å². The Hall–Kier alpha value is -1.23. The van der Waals surface area contributed by atoms with Crippen molar-refractivity contribution in [1.29, 1.82) is 0 Å². The summed E-state index contributed by atoms with van der Waals surface area (Å²) in [4.78, 5) is 11.4. The summed E-state index contributed by atoms with van der Waals surface area (Å²) in [5, 5.41) is 1.29. The zero-order valence-corrected chi connectivity index (χ0v) is 13.3. The third-order valence-corrected chi connectivity index (χ3v) is 5.69. The standard InChI is InChI=1S/C17H21N3S/c1-19-8-10-20(11-9-19)12-16-18-17-14-5-3-2-4-13(14)6-7-15(17)21-16/h2-5H,6-12H2,1H3. The highest BCUT2D eigenvalue weighted by Gasteiger charge is 2.22. The Balaban J connectivity index is 1.56. The quantitative estimate of drug-likeness (QED) is 0.850. The van der Waals surface area contributed by atoms with Gasteiger partial charge in [0.25, 0.3) is 0 Å². The van der Waals surface area contributed by atoms with E-state index in [1.807, 2.05) is 11.3 Å². The molecule has 21 heavy (non-hydrogen) atoms. The van der Waals surface area contributed by atoms with Gasteiger partial charge in [0.1, 0.15) is 5.01 Å². The van der Waals surface area contributed by atoms with Crippen LogP contribution in [-0.2, 0) is 19.4 Å². The van der Waals surface area contributed by atoms with Gasteiger partial charge >= 0.3 is 0 Å². The molecule has 0 unspecified atom stereocenters. The molecule has 0 N–H and O–H groups in total. The van der Waals surface area contributed by atoms with Crippen molar-refractivity contribution in [1.82, 2.24) is 14.8 Å². The van der Waals surface area contributed by atoms with Crippen molar-refractivity contribution in [2.45, 2.75) is 19.4 Å². The van der Waals surface area contributed by atoms with Gasteiger partial charge in [0.15, 0.2) is 0 Å². The Morgan fingerprint density at radius 3 is 2.76 bits per heavy atom. The fourth-order valence-electron chi connectivity index (χ4n) is 3.26. The minimum absolute atomic E-state index is 1.02. The number of rotatable bonds is 2. The van der Waals surface area contributed by atoms with Crippen molar-refractivity contribution in [2.75, 3.05) is 33.2 Å². The molecule has 1 aromatic carbocycles. The van der Waals surface area contributed by atoms with Crippen LogP contribution in [0.4, 0.5) is 0 Å². The summed E-state index contributed by atoms with van der Waals surface area (Å²) in [6.07, 6.45) is 2.33. The van der Waals surface area contributed by atoms with Crippen LogP contribution in [-0.4, -0.2) is 48.0 Å². The maximum Gasteiger partial charge on any atom is 0.108 e. The number of nitrogens with zero attached hydrogens (tertiary/aromatic N) is 3. The van der Waals surface area contributed by atoms with E-state index in [0.29, 0.717) is 0 Å². The Bertz CT molecular complexity index is 641. The van der Waals surface area contributed by atoms with E-state index in [9.17, 15) is 0 Å². The highest BCUT2D eigenvalue weighted by Crippen LogP contribution is 2.36. The Morgan fingerprint density at radius 2 is 1.90 bits per heavy atom. The van der Waals surface area contributed by atoms with Crippen LogP contribution in [0.25, 0.3) is 11.3 Å². The molecule has 3 nitrogen and oxygen atoms in total. The smallest absolute Gasteiger partial charge is 0.108 e. The first-order valence-corrected chi connectivity index (χ1v) is 8.59. The molecule has 4 heteroatoms. The molecule has 0 radical (unpaired) electrons. The number of hydrogen-bond acceptors (Lipinski definition) is 4. The zero-order chi connectivity index (χ0) is 14.2. The number of aromatic nitrogens is 1. The number of benzene rings is 1. The first kappa shape index (κ1) is 13.4. The van der Waals surface area contributed by atoms with Crippen molar-refractivity contribution < 1.29 is 0 Å². The van der Waals surface area contributed by atoms with E-state index in [4.69, 9.17) is 4.98 Å². The fraction of sp³-hybridized carbons (Fsp3) is 0.471. The predicted octanol–water partition coefficient (Wildman–Crippen LogP) is 2.66. The second kappa shape index (κ2) is 5.52. The number of fused-ring (bicyclic) bond motifs is 3. The third-order valence-electron chi connectivity index (χ3n) is 4.59. The summed E-state index contributed by atoms with van der Waals surface area (Å²) in [6.45, 7) is 5.70. The second-order valence-electron chi connectivity index (χ2n) is 6.12. The van der Waals surface area contributed by atoms with Crippen LogP contribution in [0.2, 0.25) is 0 Å². The van der Waals surface area contributed by atoms with Gasteiger partial charge in [0, 0.05) is 36.6 Å². The molecule has 0 amide bonds. The van der Waals surface area contributed by atoms with Crippen molar-refractivity contribution >= 4 is 11.3 Å². The van der Waals surface area contributed by atoms with E-state index in [1.165, 1.54) is 46.2 Å². The molecule has 0 atom stereocenters. The van der Waals surface area contributed by atoms with Gasteiger partial charge in [-0.3, -0.25) is 4.90 Å². The first-order valence-electron chi connectivity index (χ1n) is 7.77. The largest absolute Gasteiger partial charge is 0.304 e. The van der Waals surface area contributed by atoms with Crippen molar-refractivity contribution in [2.24, 2.45) is 0 Å². The molecular formula is C17H21N3S. The molecule has 1 saturated heterocycles. The summed E-state index contributed by atoms with van der Waals surface area (Å²) in [7, 11) is 2.20. The predicted molar refractivity (Wildman–Crippen MR) is 87.7 cm³/mol. The molecule has 1 aliphatic carbocycles. The number of piperazine rings is 1. The lowest BCUT2D eigenvalue weighted by Gasteiger charge is -2.31. The van der Waals surface area contributed by atoms with Gasteiger partial charge in [0.05, 0.1) is 12.2 Å². The maximum absolute atomic E-state index is 4.97. The van der Waals surface area contributed by atoms with Gasteiger partial charge in [-0.2, -0.15) is 0 Å². The Kier molecular flexibility index (Phi) is 3.53. The van der Waals surface area contributed by atoms with Crippen LogP contribution >= 0.6 is 11.3 Å². The molecule has 1 fully saturated rings. The summed E-state index contributed by atoms with van der Waals surface area (Å²) in [5.41, 5.74) is 4.08. The monoisotopic (exact) mass is 299 g/mol. The maximum atomic E-state index is 4.97. The van der Waals surface area contributed by atoms with Crippen molar-refractivity contribution in [3.05, 3.63) is 39.7 Å². The van der Waals surface area contributed by atoms with Gasteiger partial charge < -0.3 is 4.90 Å². The molecule has 0 spiro atoms. The summed E-state index contributed by atoms with van der Waals surface area (Å²) in [5.74, 6) is 0. The summed E-state index contributed by atoms with van der Waals surface area (Å²) in [6, 6.07) is 8.75. The minimum Gasteiger partial charge on any atom is -0.304 e. The molecule has 1 aromatic heterocycles. The van der Waals surface area contributed by atoms with E-state index < -0.39 is 0 Å². The van der Waals surface area contributed by atoms with Crippen molar-refractivity contribution in [3.63, 3.8) is 0 Å². The summed E-state index contributed by atoms with van der Waals surface area (Å²) < 4.78 is 0. The topological polar surface area (TPSA) is 19.4 Å². The molecule has 1 aliphatic heterocycles. The van der Waals surface area contributed by atoms with E-state index in [1.54, 1.807) is 0 Å². The van der Waals surface area contributed by atoms with Crippen LogP contribution in [0, 0.1) is 0 Å². The molecule has 2 aliphatic rings. The number of hydrogen-bond donors (Lipinski definition) is 0. The Morgan fingerprint density at radius 1 is 1.10 bits per heavy atom. The fourth-order valence-corrected chi connectivity index (χ4v) is 4.39. The Labute approximate surface area is 130 Å². The van der Waals surface area contributed by atoms with E-state index >= 15 is 0 Å². The number of thiazole rings is 1. The highest BCUT2D eigenvalue weighted by molar-refractivity contribution is 7.12. The lowest BCUT2D eigenvalue weighted by atomic mass is 9.94. The van der Waals surface area contributed by atoms with E-state index in [-0.39, 0.29) is 0 Å². The second-order valence-corrected chi connectivity index (χ2v) is 7.28. The normalized spacial score (nSPS) is 19.3. The minimum atomic E-state index is 1.02. The van der Waals surface area contributed by atoms with Crippen molar-refractivity contribution in [3.8, 4) is 11.3 Å². The molecule has 0 saturated carbocycles. The van der Waals surface area contributed by atoms with Gasteiger partial charge in [0.2, 0.25) is 0 Å². The lowest BCUT2D eigenvalue weighted by molar-refractivity contribution is 0.148. The van der Waals surface area contributed by atoms with E-state index in [0.717, 1.165) is 26.1 Å². The summed E-state index contributed by atoms with van der Waals surface area (Å²) >= 11 is 1.93. The molecule has 2 aromatic rings. The SMILES string of the molecule is CN1CCN(Cc2nc3c(s2)CCc2ccccc2-3)CC1. The number of aryl methyl sites for hydroxylation is 2. The molecule has 110 valence electrons. The van der Waals surface area contributed by atoms with Crippen LogP contribution < -0.4 is 0 Å². The third kappa shape index (κ3) is 2.63. The van der Waals surface area contributed by atoms with E-state index in [2.05, 4.69) is 41.1 Å². The van der Waals surface area contributed by atoms with Gasteiger partial charge in [-0.05, 0) is 25.5 Å². The first-order chi connectivity index (χ1) is 10.3. The average Bonchev–Trinajstić information content (AvgIpc) is 2.92. The molecule has 4 rings (SSSR count). The highest BCUT2D eigenvalue weighted by atomic mass is 32.1. The lowest BCUT2D eigenvalue weighted by Crippen LogP contribution is -2.43. The van der Waals surface area contributed by atoms with Crippen LogP contribution in [0.3, 0.4) is 0 Å². The molecule has 0 bridgehead atoms. The average molecular weight is 299 g/mol. The zero-order valence-electron chi connectivity index (χ0n) is 12.5. The van der Waals surface area contributed by atoms with Gasteiger partial charge in [-0.15, -0.1) is 11.3 Å². The van der Waals surface area contributed by atoms with Gasteiger partial charge in [-0.1, -0.05) is 24.3 Å². The van der Waals surface area contributed by atoms with Crippen LogP contribution in [0.5, 0.6) is 0 Å². The number of likely N-dealkylation sites (N-methyl/N-ethyl adjacent to an activating group) is 1. The van der Waals surface area contributed by atoms with Gasteiger partial charge in [-0.25, -0.2) is 4.98 Å². The molecule has 2 heterocycles. The van der Waals surface area contributed by atoms with Crippen LogP contribution in [0.1, 0.15) is 15.4 Å².